The molecule has 72 valence electrons. The Balaban J connectivity index is 3.29. The number of halogens is 4. The summed E-state index contributed by atoms with van der Waals surface area (Å²) in [6.45, 7) is 0. The zero-order valence-electron chi connectivity index (χ0n) is 6.65. The lowest BCUT2D eigenvalue weighted by Crippen LogP contribution is -2.06. The third-order valence-electron chi connectivity index (χ3n) is 1.48. The first-order valence-corrected chi connectivity index (χ1v) is 5.38. The molecule has 0 aliphatic carbocycles. The van der Waals surface area contributed by atoms with Crippen molar-refractivity contribution in [3.05, 3.63) is 28.2 Å². The fourth-order valence-electron chi connectivity index (χ4n) is 0.940. The molecule has 1 rings (SSSR count). The van der Waals surface area contributed by atoms with E-state index in [1.54, 1.807) is 12.3 Å². The van der Waals surface area contributed by atoms with Crippen LogP contribution in [0, 0.1) is 0 Å². The average Bonchev–Trinajstić information content (AvgIpc) is 2.02. The molecule has 0 N–H and O–H groups in total. The molecule has 0 heterocycles. The van der Waals surface area contributed by atoms with Crippen LogP contribution in [0.4, 0.5) is 13.2 Å². The maximum Gasteiger partial charge on any atom is 0.417 e. The van der Waals surface area contributed by atoms with Gasteiger partial charge in [-0.3, -0.25) is 0 Å². The normalized spacial score (nSPS) is 11.8. The van der Waals surface area contributed by atoms with Gasteiger partial charge in [0.2, 0.25) is 0 Å². The van der Waals surface area contributed by atoms with E-state index >= 15 is 0 Å². The van der Waals surface area contributed by atoms with Gasteiger partial charge in [0.25, 0.3) is 0 Å². The molecule has 1 aromatic carbocycles. The molecule has 0 atom stereocenters. The van der Waals surface area contributed by atoms with E-state index in [0.717, 1.165) is 17.8 Å². The minimum Gasteiger partial charge on any atom is -0.166 e. The summed E-state index contributed by atoms with van der Waals surface area (Å²) >= 11 is 4.16. The second-order valence-electron chi connectivity index (χ2n) is 2.32. The van der Waals surface area contributed by atoms with Gasteiger partial charge in [0, 0.05) is 9.37 Å². The summed E-state index contributed by atoms with van der Waals surface area (Å²) in [7, 11) is 0. The molecule has 0 unspecified atom stereocenters. The topological polar surface area (TPSA) is 0 Å². The highest BCUT2D eigenvalue weighted by Gasteiger charge is 2.33. The maximum atomic E-state index is 12.4. The number of rotatable bonds is 1. The largest absolute Gasteiger partial charge is 0.417 e. The summed E-state index contributed by atoms with van der Waals surface area (Å²) in [5, 5.41) is 0. The smallest absolute Gasteiger partial charge is 0.166 e. The summed E-state index contributed by atoms with van der Waals surface area (Å²) in [4.78, 5) is 0.231. The number of hydrogen-bond donors (Lipinski definition) is 0. The van der Waals surface area contributed by atoms with E-state index in [-0.39, 0.29) is 4.90 Å². The van der Waals surface area contributed by atoms with Crippen molar-refractivity contribution in [3.8, 4) is 0 Å². The fraction of sp³-hybridized carbons (Fsp3) is 0.250. The van der Waals surface area contributed by atoms with Crippen molar-refractivity contribution < 1.29 is 13.2 Å². The summed E-state index contributed by atoms with van der Waals surface area (Å²) in [5.74, 6) is 0. The van der Waals surface area contributed by atoms with Crippen molar-refractivity contribution in [1.82, 2.24) is 0 Å². The SMILES string of the molecule is CSc1c(Br)cccc1C(F)(F)F. The van der Waals surface area contributed by atoms with E-state index < -0.39 is 11.7 Å². The van der Waals surface area contributed by atoms with Crippen LogP contribution in [-0.2, 0) is 6.18 Å². The average molecular weight is 271 g/mol. The quantitative estimate of drug-likeness (QED) is 0.690. The fourth-order valence-corrected chi connectivity index (χ4v) is 2.46. The van der Waals surface area contributed by atoms with Crippen LogP contribution in [0.1, 0.15) is 5.56 Å². The van der Waals surface area contributed by atoms with Gasteiger partial charge in [-0.25, -0.2) is 0 Å². The number of benzene rings is 1. The zero-order chi connectivity index (χ0) is 10.1. The van der Waals surface area contributed by atoms with Gasteiger partial charge < -0.3 is 0 Å². The predicted octanol–water partition coefficient (Wildman–Crippen LogP) is 4.19. The Morgan fingerprint density at radius 3 is 2.31 bits per heavy atom. The van der Waals surface area contributed by atoms with Crippen LogP contribution in [0.2, 0.25) is 0 Å². The monoisotopic (exact) mass is 270 g/mol. The molecule has 0 amide bonds. The van der Waals surface area contributed by atoms with Crippen LogP contribution < -0.4 is 0 Å². The number of alkyl halides is 3. The third-order valence-corrected chi connectivity index (χ3v) is 3.25. The first-order valence-electron chi connectivity index (χ1n) is 3.36. The van der Waals surface area contributed by atoms with Crippen LogP contribution >= 0.6 is 27.7 Å². The van der Waals surface area contributed by atoms with Gasteiger partial charge in [-0.15, -0.1) is 11.8 Å². The Morgan fingerprint density at radius 1 is 1.31 bits per heavy atom. The first kappa shape index (κ1) is 10.9. The molecular formula is C8H6BrF3S. The summed E-state index contributed by atoms with van der Waals surface area (Å²) in [5.41, 5.74) is -0.589. The van der Waals surface area contributed by atoms with Gasteiger partial charge in [-0.2, -0.15) is 13.2 Å². The molecule has 0 bridgehead atoms. The van der Waals surface area contributed by atoms with Crippen LogP contribution in [0.25, 0.3) is 0 Å². The van der Waals surface area contributed by atoms with Gasteiger partial charge in [0.15, 0.2) is 0 Å². The minimum absolute atomic E-state index is 0.231. The lowest BCUT2D eigenvalue weighted by molar-refractivity contribution is -0.139. The number of thioether (sulfide) groups is 1. The highest BCUT2D eigenvalue weighted by Crippen LogP contribution is 2.39. The Hall–Kier alpha value is -0.160. The van der Waals surface area contributed by atoms with Gasteiger partial charge in [-0.1, -0.05) is 6.07 Å². The molecule has 1 aromatic rings. The van der Waals surface area contributed by atoms with E-state index in [0.29, 0.717) is 4.47 Å². The lowest BCUT2D eigenvalue weighted by atomic mass is 10.2. The van der Waals surface area contributed by atoms with Gasteiger partial charge in [0.05, 0.1) is 5.56 Å². The second kappa shape index (κ2) is 3.92. The third kappa shape index (κ3) is 2.40. The van der Waals surface area contributed by atoms with Crippen molar-refractivity contribution in [3.63, 3.8) is 0 Å². The molecule has 0 radical (unpaired) electrons. The van der Waals surface area contributed by atoms with Crippen molar-refractivity contribution >= 4 is 27.7 Å². The predicted molar refractivity (Wildman–Crippen MR) is 50.9 cm³/mol. The molecule has 0 nitrogen and oxygen atoms in total. The van der Waals surface area contributed by atoms with Crippen LogP contribution in [0.3, 0.4) is 0 Å². The molecule has 0 aromatic heterocycles. The van der Waals surface area contributed by atoms with Gasteiger partial charge in [0.1, 0.15) is 0 Å². The summed E-state index contributed by atoms with van der Waals surface area (Å²) < 4.78 is 37.6. The Bertz CT molecular complexity index is 309. The molecule has 5 heteroatoms. The standard InChI is InChI=1S/C8H6BrF3S/c1-13-7-5(8(10,11)12)3-2-4-6(7)9/h2-4H,1H3. The molecular weight excluding hydrogens is 265 g/mol. The van der Waals surface area contributed by atoms with E-state index in [9.17, 15) is 13.2 Å². The van der Waals surface area contributed by atoms with Crippen molar-refractivity contribution in [2.45, 2.75) is 11.1 Å². The maximum absolute atomic E-state index is 12.4. The van der Waals surface area contributed by atoms with Crippen LogP contribution in [0.5, 0.6) is 0 Å². The molecule has 0 aliphatic rings. The van der Waals surface area contributed by atoms with Crippen molar-refractivity contribution in [1.29, 1.82) is 0 Å². The molecule has 0 aliphatic heterocycles. The van der Waals surface area contributed by atoms with Gasteiger partial charge in [-0.05, 0) is 34.3 Å². The minimum atomic E-state index is -4.28. The van der Waals surface area contributed by atoms with Crippen molar-refractivity contribution in [2.24, 2.45) is 0 Å². The van der Waals surface area contributed by atoms with E-state index in [1.165, 1.54) is 6.07 Å². The Morgan fingerprint density at radius 2 is 1.92 bits per heavy atom. The molecule has 0 saturated carbocycles. The molecule has 0 saturated heterocycles. The first-order chi connectivity index (χ1) is 5.96. The summed E-state index contributed by atoms with van der Waals surface area (Å²) in [6.07, 6.45) is -2.66. The summed E-state index contributed by atoms with van der Waals surface area (Å²) in [6, 6.07) is 4.06. The van der Waals surface area contributed by atoms with E-state index in [2.05, 4.69) is 15.9 Å². The molecule has 0 spiro atoms. The van der Waals surface area contributed by atoms with Crippen LogP contribution in [0.15, 0.2) is 27.6 Å². The lowest BCUT2D eigenvalue weighted by Gasteiger charge is -2.11. The van der Waals surface area contributed by atoms with Crippen LogP contribution in [-0.4, -0.2) is 6.26 Å². The Labute approximate surface area is 86.6 Å². The highest BCUT2D eigenvalue weighted by atomic mass is 79.9. The zero-order valence-corrected chi connectivity index (χ0v) is 9.05. The van der Waals surface area contributed by atoms with Gasteiger partial charge >= 0.3 is 6.18 Å². The molecule has 13 heavy (non-hydrogen) atoms. The second-order valence-corrected chi connectivity index (χ2v) is 3.99. The highest BCUT2D eigenvalue weighted by molar-refractivity contribution is 9.10. The Kier molecular flexibility index (Phi) is 3.29. The van der Waals surface area contributed by atoms with E-state index in [4.69, 9.17) is 0 Å². The van der Waals surface area contributed by atoms with Crippen molar-refractivity contribution in [2.75, 3.05) is 6.26 Å². The molecule has 0 fully saturated rings. The van der Waals surface area contributed by atoms with E-state index in [1.807, 2.05) is 0 Å². The number of hydrogen-bond acceptors (Lipinski definition) is 1.